The van der Waals surface area contributed by atoms with Gasteiger partial charge in [-0.3, -0.25) is 28.9 Å². The van der Waals surface area contributed by atoms with Gasteiger partial charge in [0.15, 0.2) is 0 Å². The minimum absolute atomic E-state index is 0.203. The predicted molar refractivity (Wildman–Crippen MR) is 80.3 cm³/mol. The molecule has 0 aliphatic heterocycles. The van der Waals surface area contributed by atoms with Crippen molar-refractivity contribution < 1.29 is 28.9 Å². The van der Waals surface area contributed by atoms with E-state index < -0.39 is 0 Å². The molecular formula is C13H28N4O6. The van der Waals surface area contributed by atoms with Crippen molar-refractivity contribution in [1.29, 1.82) is 0 Å². The van der Waals surface area contributed by atoms with Crippen LogP contribution in [0.4, 0.5) is 0 Å². The average molecular weight is 336 g/mol. The summed E-state index contributed by atoms with van der Waals surface area (Å²) < 4.78 is 0. The minimum atomic E-state index is -0.203. The second-order valence-electron chi connectivity index (χ2n) is 4.60. The smallest absolute Gasteiger partial charge is 0.263 e. The lowest BCUT2D eigenvalue weighted by Gasteiger charge is -2.18. The zero-order chi connectivity index (χ0) is 17.5. The van der Waals surface area contributed by atoms with E-state index in [1.54, 1.807) is 0 Å². The number of hydrazine groups is 2. The molecule has 0 heterocycles. The summed E-state index contributed by atoms with van der Waals surface area (Å²) in [4.78, 5) is 42.2. The highest BCUT2D eigenvalue weighted by Gasteiger charge is 2.13. The van der Waals surface area contributed by atoms with Crippen LogP contribution < -0.4 is 11.2 Å². The summed E-state index contributed by atoms with van der Waals surface area (Å²) in [7, 11) is 5.55. The molecule has 0 atom stereocenters. The molecule has 2 amide bonds. The van der Waals surface area contributed by atoms with E-state index in [1.165, 1.54) is 28.4 Å². The summed E-state index contributed by atoms with van der Waals surface area (Å²) in [6, 6.07) is 0. The van der Waals surface area contributed by atoms with Gasteiger partial charge < -0.3 is 0 Å². The van der Waals surface area contributed by atoms with Gasteiger partial charge in [-0.1, -0.05) is 30.4 Å². The lowest BCUT2D eigenvalue weighted by Crippen LogP contribution is -2.41. The van der Waals surface area contributed by atoms with Crippen LogP contribution in [0.1, 0.15) is 44.9 Å². The van der Waals surface area contributed by atoms with Gasteiger partial charge in [0.1, 0.15) is 0 Å². The van der Waals surface area contributed by atoms with E-state index in [2.05, 4.69) is 20.9 Å². The molecule has 0 spiro atoms. The van der Waals surface area contributed by atoms with Crippen molar-refractivity contribution in [3.63, 3.8) is 0 Å². The molecule has 10 heteroatoms. The number of carbonyl (C=O) groups is 2. The molecule has 136 valence electrons. The van der Waals surface area contributed by atoms with E-state index in [9.17, 15) is 9.59 Å². The first kappa shape index (κ1) is 21.7. The lowest BCUT2D eigenvalue weighted by molar-refractivity contribution is -0.241. The fourth-order valence-corrected chi connectivity index (χ4v) is 1.83. The van der Waals surface area contributed by atoms with Crippen molar-refractivity contribution in [1.82, 2.24) is 21.5 Å². The number of hydrogen-bond acceptors (Lipinski definition) is 8. The van der Waals surface area contributed by atoms with Gasteiger partial charge in [0.2, 0.25) is 0 Å². The number of hydrogen-bond donors (Lipinski definition) is 2. The standard InChI is InChI=1S/C13H28N4O6/c1-20-14-16(22-3)12(18)10-8-6-5-7-9-11-13(19)17(23-4)15-21-2/h14-15H,5-11H2,1-4H3. The Morgan fingerprint density at radius 3 is 1.35 bits per heavy atom. The van der Waals surface area contributed by atoms with Crippen LogP contribution in [-0.4, -0.2) is 50.6 Å². The summed E-state index contributed by atoms with van der Waals surface area (Å²) in [6.07, 6.45) is 4.94. The Labute approximate surface area is 136 Å². The Bertz CT molecular complexity index is 302. The van der Waals surface area contributed by atoms with Gasteiger partial charge in [0, 0.05) is 12.8 Å². The molecule has 0 rings (SSSR count). The van der Waals surface area contributed by atoms with Crippen LogP contribution in [0.3, 0.4) is 0 Å². The van der Waals surface area contributed by atoms with Gasteiger partial charge in [-0.05, 0) is 12.8 Å². The number of carbonyl (C=O) groups excluding carboxylic acids is 2. The molecule has 0 aliphatic rings. The fourth-order valence-electron chi connectivity index (χ4n) is 1.83. The minimum Gasteiger partial charge on any atom is -0.283 e. The number of amides is 2. The second-order valence-corrected chi connectivity index (χ2v) is 4.60. The van der Waals surface area contributed by atoms with Crippen LogP contribution in [0.15, 0.2) is 0 Å². The number of hydroxylamine groups is 2. The van der Waals surface area contributed by atoms with E-state index in [0.29, 0.717) is 12.8 Å². The summed E-state index contributed by atoms with van der Waals surface area (Å²) in [6.45, 7) is 0. The summed E-state index contributed by atoms with van der Waals surface area (Å²) in [5, 5.41) is 1.89. The highest BCUT2D eigenvalue weighted by Crippen LogP contribution is 2.09. The SMILES string of the molecule is CONN(OC)C(=O)CCCCCCCC(=O)N(NOC)OC. The molecule has 0 aromatic heterocycles. The van der Waals surface area contributed by atoms with Crippen LogP contribution >= 0.6 is 0 Å². The van der Waals surface area contributed by atoms with E-state index in [-0.39, 0.29) is 11.8 Å². The fraction of sp³-hybridized carbons (Fsp3) is 0.846. The molecular weight excluding hydrogens is 308 g/mol. The van der Waals surface area contributed by atoms with Gasteiger partial charge in [0.05, 0.1) is 28.4 Å². The number of unbranched alkanes of at least 4 members (excludes halogenated alkanes) is 4. The summed E-state index contributed by atoms with van der Waals surface area (Å²) >= 11 is 0. The van der Waals surface area contributed by atoms with E-state index in [4.69, 9.17) is 9.68 Å². The van der Waals surface area contributed by atoms with Crippen LogP contribution in [0.2, 0.25) is 0 Å². The van der Waals surface area contributed by atoms with Crippen molar-refractivity contribution in [3.8, 4) is 0 Å². The normalized spacial score (nSPS) is 10.6. The molecule has 0 aromatic rings. The van der Waals surface area contributed by atoms with Gasteiger partial charge in [-0.25, -0.2) is 0 Å². The predicted octanol–water partition coefficient (Wildman–Crippen LogP) is 0.629. The molecule has 23 heavy (non-hydrogen) atoms. The lowest BCUT2D eigenvalue weighted by atomic mass is 10.1. The molecule has 0 unspecified atom stereocenters. The number of rotatable bonds is 14. The van der Waals surface area contributed by atoms with Crippen molar-refractivity contribution in [3.05, 3.63) is 0 Å². The topological polar surface area (TPSA) is 102 Å². The monoisotopic (exact) mass is 336 g/mol. The molecule has 0 aromatic carbocycles. The molecule has 10 nitrogen and oxygen atoms in total. The molecule has 0 saturated carbocycles. The Kier molecular flexibility index (Phi) is 13.5. The second kappa shape index (κ2) is 14.3. The number of nitrogens with zero attached hydrogens (tertiary/aromatic N) is 2. The summed E-state index contributed by atoms with van der Waals surface area (Å²) in [5.41, 5.74) is 4.65. The first-order valence-corrected chi connectivity index (χ1v) is 7.42. The zero-order valence-corrected chi connectivity index (χ0v) is 14.3. The van der Waals surface area contributed by atoms with Crippen molar-refractivity contribution >= 4 is 11.8 Å². The van der Waals surface area contributed by atoms with Crippen molar-refractivity contribution in [2.45, 2.75) is 44.9 Å². The highest BCUT2D eigenvalue weighted by molar-refractivity contribution is 5.74. The Morgan fingerprint density at radius 1 is 0.696 bits per heavy atom. The molecule has 2 N–H and O–H groups in total. The van der Waals surface area contributed by atoms with Gasteiger partial charge in [0.25, 0.3) is 11.8 Å². The Hall–Kier alpha value is -1.30. The van der Waals surface area contributed by atoms with Gasteiger partial charge >= 0.3 is 0 Å². The average Bonchev–Trinajstić information content (AvgIpc) is 2.56. The van der Waals surface area contributed by atoms with Crippen molar-refractivity contribution in [2.24, 2.45) is 0 Å². The maximum absolute atomic E-state index is 11.7. The molecule has 0 aliphatic carbocycles. The van der Waals surface area contributed by atoms with E-state index in [0.717, 1.165) is 42.4 Å². The molecule has 0 bridgehead atoms. The Morgan fingerprint density at radius 2 is 1.04 bits per heavy atom. The third kappa shape index (κ3) is 10.2. The molecule has 0 saturated heterocycles. The third-order valence-corrected chi connectivity index (χ3v) is 2.95. The van der Waals surface area contributed by atoms with Gasteiger partial charge in [-0.15, -0.1) is 10.3 Å². The molecule has 0 fully saturated rings. The zero-order valence-electron chi connectivity index (χ0n) is 14.3. The third-order valence-electron chi connectivity index (χ3n) is 2.95. The first-order chi connectivity index (χ1) is 11.1. The highest BCUT2D eigenvalue weighted by atomic mass is 16.8. The van der Waals surface area contributed by atoms with Gasteiger partial charge in [-0.2, -0.15) is 0 Å². The number of nitrogens with one attached hydrogen (secondary N) is 2. The van der Waals surface area contributed by atoms with Crippen LogP contribution in [0.25, 0.3) is 0 Å². The summed E-state index contributed by atoms with van der Waals surface area (Å²) in [5.74, 6) is -0.406. The quantitative estimate of drug-likeness (QED) is 0.352. The van der Waals surface area contributed by atoms with E-state index in [1.807, 2.05) is 0 Å². The first-order valence-electron chi connectivity index (χ1n) is 7.42. The van der Waals surface area contributed by atoms with Crippen LogP contribution in [0.5, 0.6) is 0 Å². The van der Waals surface area contributed by atoms with Crippen LogP contribution in [0, 0.1) is 0 Å². The largest absolute Gasteiger partial charge is 0.283 e. The maximum Gasteiger partial charge on any atom is 0.263 e. The van der Waals surface area contributed by atoms with Crippen LogP contribution in [-0.2, 0) is 28.9 Å². The van der Waals surface area contributed by atoms with E-state index >= 15 is 0 Å². The molecule has 0 radical (unpaired) electrons. The Balaban J connectivity index is 3.66. The maximum atomic E-state index is 11.7. The van der Waals surface area contributed by atoms with Crippen molar-refractivity contribution in [2.75, 3.05) is 28.4 Å².